The number of halogens is 3. The van der Waals surface area contributed by atoms with E-state index in [4.69, 9.17) is 9.15 Å². The van der Waals surface area contributed by atoms with Crippen molar-refractivity contribution in [1.82, 2.24) is 10.2 Å². The average molecular weight is 396 g/mol. The number of hydrogen-bond acceptors (Lipinski definition) is 4. The van der Waals surface area contributed by atoms with Crippen LogP contribution in [0.4, 0.5) is 13.2 Å². The minimum Gasteiger partial charge on any atom is -0.465 e. The summed E-state index contributed by atoms with van der Waals surface area (Å²) in [4.78, 5) is 14.5. The third kappa shape index (κ3) is 5.36. The highest BCUT2D eigenvalue weighted by Crippen LogP contribution is 2.29. The van der Waals surface area contributed by atoms with Crippen LogP contribution in [0.2, 0.25) is 0 Å². The number of benzene rings is 1. The van der Waals surface area contributed by atoms with Gasteiger partial charge < -0.3 is 14.5 Å². The molecule has 2 heterocycles. The Bertz CT molecular complexity index is 798. The molecule has 1 aromatic heterocycles. The lowest BCUT2D eigenvalue weighted by Crippen LogP contribution is -2.44. The van der Waals surface area contributed by atoms with E-state index in [1.165, 1.54) is 12.1 Å². The first-order valence-electron chi connectivity index (χ1n) is 9.14. The zero-order valence-electron chi connectivity index (χ0n) is 15.6. The van der Waals surface area contributed by atoms with Crippen molar-refractivity contribution < 1.29 is 27.1 Å². The van der Waals surface area contributed by atoms with Crippen LogP contribution >= 0.6 is 0 Å². The standard InChI is InChI=1S/C20H23F3N2O3/c1-14-5-6-18(28-14)17(25-7-9-27-10-8-25)13-24-19(26)12-15-3-2-4-16(11-15)20(21,22)23/h2-6,11,17H,7-10,12-13H2,1H3,(H,24,26). The van der Waals surface area contributed by atoms with Crippen molar-refractivity contribution in [3.63, 3.8) is 0 Å². The Morgan fingerprint density at radius 1 is 1.21 bits per heavy atom. The summed E-state index contributed by atoms with van der Waals surface area (Å²) in [5, 5.41) is 2.83. The van der Waals surface area contributed by atoms with Gasteiger partial charge in [-0.2, -0.15) is 13.2 Å². The lowest BCUT2D eigenvalue weighted by Gasteiger charge is -2.33. The molecule has 0 spiro atoms. The molecule has 2 aromatic rings. The fourth-order valence-corrected chi connectivity index (χ4v) is 3.25. The Hall–Kier alpha value is -2.32. The zero-order valence-corrected chi connectivity index (χ0v) is 15.6. The van der Waals surface area contributed by atoms with Crippen molar-refractivity contribution in [3.8, 4) is 0 Å². The largest absolute Gasteiger partial charge is 0.465 e. The lowest BCUT2D eigenvalue weighted by molar-refractivity contribution is -0.137. The van der Waals surface area contributed by atoms with Gasteiger partial charge in [0.15, 0.2) is 0 Å². The van der Waals surface area contributed by atoms with Crippen molar-refractivity contribution in [2.75, 3.05) is 32.8 Å². The van der Waals surface area contributed by atoms with Gasteiger partial charge in [0.25, 0.3) is 0 Å². The number of amides is 1. The molecule has 152 valence electrons. The fourth-order valence-electron chi connectivity index (χ4n) is 3.25. The number of nitrogens with zero attached hydrogens (tertiary/aromatic N) is 1. The number of nitrogens with one attached hydrogen (secondary N) is 1. The first-order chi connectivity index (χ1) is 13.3. The number of carbonyl (C=O) groups excluding carboxylic acids is 1. The summed E-state index contributed by atoms with van der Waals surface area (Å²) >= 11 is 0. The monoisotopic (exact) mass is 396 g/mol. The Kier molecular flexibility index (Phi) is 6.41. The van der Waals surface area contributed by atoms with E-state index in [9.17, 15) is 18.0 Å². The van der Waals surface area contributed by atoms with Crippen LogP contribution in [0.15, 0.2) is 40.8 Å². The average Bonchev–Trinajstić information content (AvgIpc) is 3.08. The molecule has 0 aliphatic carbocycles. The molecule has 1 N–H and O–H groups in total. The molecule has 5 nitrogen and oxygen atoms in total. The predicted octanol–water partition coefficient (Wildman–Crippen LogP) is 3.34. The van der Waals surface area contributed by atoms with Gasteiger partial charge in [0.2, 0.25) is 5.91 Å². The van der Waals surface area contributed by atoms with Crippen LogP contribution < -0.4 is 5.32 Å². The number of hydrogen-bond donors (Lipinski definition) is 1. The highest BCUT2D eigenvalue weighted by atomic mass is 19.4. The predicted molar refractivity (Wildman–Crippen MR) is 96.7 cm³/mol. The third-order valence-electron chi connectivity index (χ3n) is 4.69. The van der Waals surface area contributed by atoms with Crippen molar-refractivity contribution >= 4 is 5.91 Å². The maximum Gasteiger partial charge on any atom is 0.416 e. The molecule has 1 atom stereocenters. The Morgan fingerprint density at radius 3 is 2.61 bits per heavy atom. The summed E-state index contributed by atoms with van der Waals surface area (Å²) in [5.41, 5.74) is -0.431. The van der Waals surface area contributed by atoms with Crippen molar-refractivity contribution in [3.05, 3.63) is 59.0 Å². The molecule has 1 fully saturated rings. The summed E-state index contributed by atoms with van der Waals surface area (Å²) in [6.45, 7) is 4.81. The van der Waals surface area contributed by atoms with Gasteiger partial charge in [-0.3, -0.25) is 9.69 Å². The molecule has 1 saturated heterocycles. The number of carbonyl (C=O) groups is 1. The highest BCUT2D eigenvalue weighted by molar-refractivity contribution is 5.78. The number of morpholine rings is 1. The van der Waals surface area contributed by atoms with Crippen LogP contribution in [-0.4, -0.2) is 43.7 Å². The quantitative estimate of drug-likeness (QED) is 0.814. The van der Waals surface area contributed by atoms with Gasteiger partial charge in [0, 0.05) is 19.6 Å². The van der Waals surface area contributed by atoms with Crippen molar-refractivity contribution in [1.29, 1.82) is 0 Å². The van der Waals surface area contributed by atoms with Gasteiger partial charge in [0.05, 0.1) is 31.2 Å². The molecule has 8 heteroatoms. The van der Waals surface area contributed by atoms with Crippen molar-refractivity contribution in [2.24, 2.45) is 0 Å². The minimum atomic E-state index is -4.43. The van der Waals surface area contributed by atoms with Gasteiger partial charge in [-0.15, -0.1) is 0 Å². The first kappa shape index (κ1) is 20.4. The van der Waals surface area contributed by atoms with E-state index < -0.39 is 11.7 Å². The van der Waals surface area contributed by atoms with Gasteiger partial charge in [0.1, 0.15) is 11.5 Å². The molecule has 28 heavy (non-hydrogen) atoms. The van der Waals surface area contributed by atoms with Gasteiger partial charge in [-0.1, -0.05) is 18.2 Å². The van der Waals surface area contributed by atoms with Crippen LogP contribution in [0, 0.1) is 6.92 Å². The highest BCUT2D eigenvalue weighted by Gasteiger charge is 2.30. The van der Waals surface area contributed by atoms with Crippen LogP contribution in [0.3, 0.4) is 0 Å². The molecular weight excluding hydrogens is 373 g/mol. The summed E-state index contributed by atoms with van der Waals surface area (Å²) < 4.78 is 49.6. The summed E-state index contributed by atoms with van der Waals surface area (Å²) in [6.07, 6.45) is -4.54. The molecule has 1 aliphatic rings. The molecule has 0 saturated carbocycles. The third-order valence-corrected chi connectivity index (χ3v) is 4.69. The van der Waals surface area contributed by atoms with Crippen LogP contribution in [0.25, 0.3) is 0 Å². The van der Waals surface area contributed by atoms with Gasteiger partial charge >= 0.3 is 6.18 Å². The summed E-state index contributed by atoms with van der Waals surface area (Å²) in [6, 6.07) is 8.44. The number of rotatable bonds is 6. The van der Waals surface area contributed by atoms with Crippen molar-refractivity contribution in [2.45, 2.75) is 25.6 Å². The minimum absolute atomic E-state index is 0.114. The maximum atomic E-state index is 12.8. The Morgan fingerprint density at radius 2 is 1.96 bits per heavy atom. The van der Waals surface area contributed by atoms with Crippen LogP contribution in [-0.2, 0) is 22.1 Å². The summed E-state index contributed by atoms with van der Waals surface area (Å²) in [5.74, 6) is 1.20. The molecule has 1 aliphatic heterocycles. The molecular formula is C20H23F3N2O3. The molecule has 1 amide bonds. The second-order valence-electron chi connectivity index (χ2n) is 6.79. The van der Waals surface area contributed by atoms with Crippen LogP contribution in [0.1, 0.15) is 28.7 Å². The van der Waals surface area contributed by atoms with E-state index in [1.807, 2.05) is 19.1 Å². The lowest BCUT2D eigenvalue weighted by atomic mass is 10.1. The SMILES string of the molecule is Cc1ccc(C(CNC(=O)Cc2cccc(C(F)(F)F)c2)N2CCOCC2)o1. The van der Waals surface area contributed by atoms with E-state index in [0.717, 1.165) is 23.7 Å². The van der Waals surface area contributed by atoms with E-state index >= 15 is 0 Å². The number of aryl methyl sites for hydroxylation is 1. The maximum absolute atomic E-state index is 12.8. The number of alkyl halides is 3. The van der Waals surface area contributed by atoms with E-state index in [0.29, 0.717) is 38.4 Å². The second kappa shape index (κ2) is 8.79. The van der Waals surface area contributed by atoms with Gasteiger partial charge in [-0.05, 0) is 30.7 Å². The van der Waals surface area contributed by atoms with E-state index in [2.05, 4.69) is 10.2 Å². The number of furan rings is 1. The Balaban J connectivity index is 1.63. The van der Waals surface area contributed by atoms with E-state index in [-0.39, 0.29) is 18.4 Å². The normalized spacial score (nSPS) is 16.7. The Labute approximate surface area is 161 Å². The fraction of sp³-hybridized carbons (Fsp3) is 0.450. The molecule has 0 radical (unpaired) electrons. The smallest absolute Gasteiger partial charge is 0.416 e. The summed E-state index contributed by atoms with van der Waals surface area (Å²) in [7, 11) is 0. The molecule has 3 rings (SSSR count). The van der Waals surface area contributed by atoms with Crippen LogP contribution in [0.5, 0.6) is 0 Å². The van der Waals surface area contributed by atoms with Gasteiger partial charge in [-0.25, -0.2) is 0 Å². The molecule has 0 bridgehead atoms. The second-order valence-corrected chi connectivity index (χ2v) is 6.79. The zero-order chi connectivity index (χ0) is 20.1. The first-order valence-corrected chi connectivity index (χ1v) is 9.14. The van der Waals surface area contributed by atoms with E-state index in [1.54, 1.807) is 0 Å². The molecule has 1 aromatic carbocycles. The number of ether oxygens (including phenoxy) is 1. The topological polar surface area (TPSA) is 54.7 Å². The molecule has 1 unspecified atom stereocenters.